The van der Waals surface area contributed by atoms with E-state index in [0.717, 1.165) is 23.1 Å². The Labute approximate surface area is 136 Å². The van der Waals surface area contributed by atoms with E-state index < -0.39 is 0 Å². The summed E-state index contributed by atoms with van der Waals surface area (Å²) >= 11 is 0. The van der Waals surface area contributed by atoms with Crippen molar-refractivity contribution < 1.29 is 9.21 Å². The van der Waals surface area contributed by atoms with Gasteiger partial charge in [-0.15, -0.1) is 0 Å². The largest absolute Gasteiger partial charge is 0.472 e. The molecule has 0 bridgehead atoms. The second kappa shape index (κ2) is 6.97. The molecule has 3 aromatic rings. The van der Waals surface area contributed by atoms with Crippen molar-refractivity contribution in [1.82, 2.24) is 5.32 Å². The Morgan fingerprint density at radius 2 is 1.70 bits per heavy atom. The zero-order chi connectivity index (χ0) is 16.1. The molecule has 1 N–H and O–H groups in total. The Morgan fingerprint density at radius 1 is 1.00 bits per heavy atom. The van der Waals surface area contributed by atoms with E-state index in [2.05, 4.69) is 17.4 Å². The molecule has 0 fully saturated rings. The van der Waals surface area contributed by atoms with E-state index in [1.807, 2.05) is 55.5 Å². The van der Waals surface area contributed by atoms with Gasteiger partial charge in [0.15, 0.2) is 0 Å². The van der Waals surface area contributed by atoms with Crippen LogP contribution >= 0.6 is 0 Å². The van der Waals surface area contributed by atoms with Gasteiger partial charge in [-0.1, -0.05) is 42.5 Å². The van der Waals surface area contributed by atoms with Crippen molar-refractivity contribution in [2.24, 2.45) is 0 Å². The second-order valence-corrected chi connectivity index (χ2v) is 5.65. The molecule has 0 aliphatic heterocycles. The van der Waals surface area contributed by atoms with Gasteiger partial charge in [0.2, 0.25) is 0 Å². The molecule has 0 aliphatic rings. The van der Waals surface area contributed by atoms with E-state index in [1.165, 1.54) is 0 Å². The first-order valence-electron chi connectivity index (χ1n) is 7.70. The van der Waals surface area contributed by atoms with Gasteiger partial charge in [-0.25, -0.2) is 0 Å². The van der Waals surface area contributed by atoms with Crippen LogP contribution < -0.4 is 5.32 Å². The molecule has 2 aromatic carbocycles. The van der Waals surface area contributed by atoms with E-state index in [9.17, 15) is 4.79 Å². The maximum absolute atomic E-state index is 12.3. The van der Waals surface area contributed by atoms with Crippen molar-refractivity contribution in [3.63, 3.8) is 0 Å². The Bertz CT molecular complexity index is 746. The molecule has 3 nitrogen and oxygen atoms in total. The van der Waals surface area contributed by atoms with Crippen LogP contribution in [0.4, 0.5) is 0 Å². The van der Waals surface area contributed by atoms with Crippen molar-refractivity contribution in [1.29, 1.82) is 0 Å². The van der Waals surface area contributed by atoms with E-state index >= 15 is 0 Å². The lowest BCUT2D eigenvalue weighted by molar-refractivity contribution is 0.0940. The summed E-state index contributed by atoms with van der Waals surface area (Å²) in [7, 11) is 0. The normalized spacial score (nSPS) is 11.9. The molecule has 1 heterocycles. The third-order valence-corrected chi connectivity index (χ3v) is 3.75. The highest BCUT2D eigenvalue weighted by atomic mass is 16.3. The number of carbonyl (C=O) groups excluding carboxylic acids is 1. The van der Waals surface area contributed by atoms with Gasteiger partial charge in [-0.2, -0.15) is 0 Å². The molecule has 1 atom stereocenters. The molecular formula is C20H19NO2. The Hall–Kier alpha value is -2.81. The van der Waals surface area contributed by atoms with E-state index in [0.29, 0.717) is 5.56 Å². The van der Waals surface area contributed by atoms with E-state index in [4.69, 9.17) is 4.42 Å². The molecule has 116 valence electrons. The third kappa shape index (κ3) is 3.89. The Kier molecular flexibility index (Phi) is 4.57. The number of furan rings is 1. The van der Waals surface area contributed by atoms with Crippen molar-refractivity contribution in [3.8, 4) is 11.1 Å². The molecule has 1 amide bonds. The number of carbonyl (C=O) groups is 1. The highest BCUT2D eigenvalue weighted by Gasteiger charge is 2.11. The topological polar surface area (TPSA) is 42.2 Å². The predicted octanol–water partition coefficient (Wildman–Crippen LogP) is 4.31. The predicted molar refractivity (Wildman–Crippen MR) is 91.2 cm³/mol. The van der Waals surface area contributed by atoms with Crippen LogP contribution in [0.15, 0.2) is 77.6 Å². The zero-order valence-corrected chi connectivity index (χ0v) is 13.0. The molecule has 0 radical (unpaired) electrons. The summed E-state index contributed by atoms with van der Waals surface area (Å²) in [6.45, 7) is 1.99. The number of hydrogen-bond donors (Lipinski definition) is 1. The van der Waals surface area contributed by atoms with Crippen LogP contribution in [0.25, 0.3) is 11.1 Å². The summed E-state index contributed by atoms with van der Waals surface area (Å²) in [6, 6.07) is 19.8. The summed E-state index contributed by atoms with van der Waals surface area (Å²) in [5.74, 6) is -0.0550. The lowest BCUT2D eigenvalue weighted by Crippen LogP contribution is -2.33. The van der Waals surface area contributed by atoms with Crippen LogP contribution in [0.2, 0.25) is 0 Å². The van der Waals surface area contributed by atoms with Crippen molar-refractivity contribution in [2.45, 2.75) is 19.4 Å². The minimum Gasteiger partial charge on any atom is -0.472 e. The van der Waals surface area contributed by atoms with Gasteiger partial charge in [0, 0.05) is 11.6 Å². The molecule has 1 unspecified atom stereocenters. The summed E-state index contributed by atoms with van der Waals surface area (Å²) in [5, 5.41) is 3.01. The maximum Gasteiger partial charge on any atom is 0.251 e. The molecule has 23 heavy (non-hydrogen) atoms. The highest BCUT2D eigenvalue weighted by molar-refractivity contribution is 5.94. The molecule has 0 saturated carbocycles. The standard InChI is InChI=1S/C20H19NO2/c1-15(13-16-11-12-23-14-16)21-20(22)19-9-7-18(8-10-19)17-5-3-2-4-6-17/h2-12,14-15H,13H2,1H3,(H,21,22). The quantitative estimate of drug-likeness (QED) is 0.763. The first-order valence-corrected chi connectivity index (χ1v) is 7.70. The van der Waals surface area contributed by atoms with Gasteiger partial charge >= 0.3 is 0 Å². The molecule has 1 aromatic heterocycles. The first kappa shape index (κ1) is 15.1. The Balaban J connectivity index is 1.63. The molecule has 3 heteroatoms. The average Bonchev–Trinajstić information content (AvgIpc) is 3.08. The molecular weight excluding hydrogens is 286 g/mol. The lowest BCUT2D eigenvalue weighted by Gasteiger charge is -2.13. The van der Waals surface area contributed by atoms with Crippen LogP contribution in [0.5, 0.6) is 0 Å². The molecule has 0 spiro atoms. The first-order chi connectivity index (χ1) is 11.2. The smallest absolute Gasteiger partial charge is 0.251 e. The van der Waals surface area contributed by atoms with Crippen LogP contribution in [-0.2, 0) is 6.42 Å². The van der Waals surface area contributed by atoms with Gasteiger partial charge < -0.3 is 9.73 Å². The molecule has 0 aliphatic carbocycles. The Morgan fingerprint density at radius 3 is 2.35 bits per heavy atom. The van der Waals surface area contributed by atoms with Crippen LogP contribution in [0, 0.1) is 0 Å². The molecule has 0 saturated heterocycles. The van der Waals surface area contributed by atoms with E-state index in [1.54, 1.807) is 12.5 Å². The average molecular weight is 305 g/mol. The zero-order valence-electron chi connectivity index (χ0n) is 13.0. The van der Waals surface area contributed by atoms with Gasteiger partial charge in [0.25, 0.3) is 5.91 Å². The van der Waals surface area contributed by atoms with E-state index in [-0.39, 0.29) is 11.9 Å². The summed E-state index contributed by atoms with van der Waals surface area (Å²) in [4.78, 5) is 12.3. The summed E-state index contributed by atoms with van der Waals surface area (Å²) in [6.07, 6.45) is 4.10. The molecule has 3 rings (SSSR count). The fourth-order valence-corrected chi connectivity index (χ4v) is 2.57. The van der Waals surface area contributed by atoms with Crippen LogP contribution in [0.1, 0.15) is 22.8 Å². The lowest BCUT2D eigenvalue weighted by atomic mass is 10.0. The minimum absolute atomic E-state index is 0.0499. The second-order valence-electron chi connectivity index (χ2n) is 5.65. The number of hydrogen-bond acceptors (Lipinski definition) is 2. The van der Waals surface area contributed by atoms with Gasteiger partial charge in [0.05, 0.1) is 12.5 Å². The van der Waals surface area contributed by atoms with Crippen molar-refractivity contribution >= 4 is 5.91 Å². The fourth-order valence-electron chi connectivity index (χ4n) is 2.57. The minimum atomic E-state index is -0.0550. The van der Waals surface area contributed by atoms with Gasteiger partial charge in [-0.3, -0.25) is 4.79 Å². The SMILES string of the molecule is CC(Cc1ccoc1)NC(=O)c1ccc(-c2ccccc2)cc1. The maximum atomic E-state index is 12.3. The number of amides is 1. The van der Waals surface area contributed by atoms with Gasteiger partial charge in [-0.05, 0) is 48.2 Å². The van der Waals surface area contributed by atoms with Crippen LogP contribution in [-0.4, -0.2) is 11.9 Å². The number of benzene rings is 2. The number of nitrogens with one attached hydrogen (secondary N) is 1. The van der Waals surface area contributed by atoms with Crippen LogP contribution in [0.3, 0.4) is 0 Å². The van der Waals surface area contributed by atoms with Crippen molar-refractivity contribution in [2.75, 3.05) is 0 Å². The fraction of sp³-hybridized carbons (Fsp3) is 0.150. The summed E-state index contributed by atoms with van der Waals surface area (Å²) in [5.41, 5.74) is 4.00. The van der Waals surface area contributed by atoms with Crippen molar-refractivity contribution in [3.05, 3.63) is 84.3 Å². The van der Waals surface area contributed by atoms with Gasteiger partial charge in [0.1, 0.15) is 0 Å². The summed E-state index contributed by atoms with van der Waals surface area (Å²) < 4.78 is 5.05. The number of rotatable bonds is 5. The third-order valence-electron chi connectivity index (χ3n) is 3.75. The monoisotopic (exact) mass is 305 g/mol. The highest BCUT2D eigenvalue weighted by Crippen LogP contribution is 2.19.